The Kier molecular flexibility index (Phi) is 4.83. The van der Waals surface area contributed by atoms with E-state index in [1.807, 2.05) is 19.1 Å². The molecule has 1 aliphatic heterocycles. The first kappa shape index (κ1) is 17.6. The van der Waals surface area contributed by atoms with E-state index in [9.17, 15) is 13.2 Å². The Labute approximate surface area is 149 Å². The van der Waals surface area contributed by atoms with Crippen molar-refractivity contribution in [1.29, 1.82) is 0 Å². The molecule has 0 aliphatic carbocycles. The molecule has 1 amide bonds. The number of amides is 1. The summed E-state index contributed by atoms with van der Waals surface area (Å²) in [5.41, 5.74) is 1.66. The van der Waals surface area contributed by atoms with Gasteiger partial charge in [-0.1, -0.05) is 22.9 Å². The minimum Gasteiger partial charge on any atom is -0.302 e. The first-order valence-corrected chi connectivity index (χ1v) is 10.6. The van der Waals surface area contributed by atoms with Crippen molar-refractivity contribution in [1.82, 2.24) is 9.29 Å². The Morgan fingerprint density at radius 3 is 2.92 bits per heavy atom. The molecule has 3 rings (SSSR count). The summed E-state index contributed by atoms with van der Waals surface area (Å²) in [7, 11) is -3.27. The number of sulfonamides is 1. The lowest BCUT2D eigenvalue weighted by molar-refractivity contribution is -0.120. The van der Waals surface area contributed by atoms with Crippen molar-refractivity contribution in [2.75, 3.05) is 24.7 Å². The van der Waals surface area contributed by atoms with Gasteiger partial charge in [0.05, 0.1) is 22.4 Å². The van der Waals surface area contributed by atoms with Gasteiger partial charge in [-0.25, -0.2) is 17.7 Å². The molecule has 9 heteroatoms. The van der Waals surface area contributed by atoms with Crippen LogP contribution in [0, 0.1) is 12.8 Å². The van der Waals surface area contributed by atoms with E-state index < -0.39 is 10.0 Å². The maximum Gasteiger partial charge on any atom is 0.230 e. The largest absolute Gasteiger partial charge is 0.302 e. The van der Waals surface area contributed by atoms with E-state index in [2.05, 4.69) is 10.3 Å². The molecule has 130 valence electrons. The van der Waals surface area contributed by atoms with Gasteiger partial charge < -0.3 is 5.32 Å². The van der Waals surface area contributed by atoms with Crippen LogP contribution in [0.1, 0.15) is 18.4 Å². The smallest absolute Gasteiger partial charge is 0.230 e. The molecule has 6 nitrogen and oxygen atoms in total. The highest BCUT2D eigenvalue weighted by Crippen LogP contribution is 2.32. The fourth-order valence-corrected chi connectivity index (χ4v) is 4.81. The van der Waals surface area contributed by atoms with Crippen molar-refractivity contribution >= 4 is 54.2 Å². The minimum absolute atomic E-state index is 0.189. The summed E-state index contributed by atoms with van der Waals surface area (Å²) in [6, 6.07) is 3.69. The number of fused-ring (bicyclic) bond motifs is 1. The van der Waals surface area contributed by atoms with Crippen molar-refractivity contribution in [3.8, 4) is 0 Å². The third kappa shape index (κ3) is 3.56. The van der Waals surface area contributed by atoms with Crippen LogP contribution < -0.4 is 5.32 Å². The summed E-state index contributed by atoms with van der Waals surface area (Å²) in [4.78, 5) is 16.9. The first-order valence-electron chi connectivity index (χ1n) is 7.57. The second-order valence-electron chi connectivity index (χ2n) is 5.99. The van der Waals surface area contributed by atoms with Crippen LogP contribution in [-0.4, -0.2) is 43.0 Å². The molecule has 1 atom stereocenters. The number of aryl methyl sites for hydroxylation is 1. The van der Waals surface area contributed by atoms with Crippen LogP contribution in [0.15, 0.2) is 12.1 Å². The number of nitrogens with one attached hydrogen (secondary N) is 1. The normalized spacial score (nSPS) is 19.5. The number of benzene rings is 1. The zero-order valence-corrected chi connectivity index (χ0v) is 15.8. The van der Waals surface area contributed by atoms with Crippen molar-refractivity contribution in [3.05, 3.63) is 22.7 Å². The average molecular weight is 388 g/mol. The van der Waals surface area contributed by atoms with Gasteiger partial charge >= 0.3 is 0 Å². The van der Waals surface area contributed by atoms with Crippen LogP contribution in [0.25, 0.3) is 10.2 Å². The number of carbonyl (C=O) groups excluding carboxylic acids is 1. The number of piperidine rings is 1. The van der Waals surface area contributed by atoms with Crippen molar-refractivity contribution in [2.45, 2.75) is 19.8 Å². The van der Waals surface area contributed by atoms with E-state index in [0.29, 0.717) is 29.5 Å². The van der Waals surface area contributed by atoms with E-state index in [1.165, 1.54) is 21.9 Å². The summed E-state index contributed by atoms with van der Waals surface area (Å²) in [6.07, 6.45) is 2.53. The molecule has 1 aromatic heterocycles. The lowest BCUT2D eigenvalue weighted by Gasteiger charge is -2.29. The molecule has 1 aliphatic rings. The molecule has 1 aromatic carbocycles. The van der Waals surface area contributed by atoms with Crippen LogP contribution >= 0.6 is 22.9 Å². The van der Waals surface area contributed by atoms with Crippen molar-refractivity contribution in [2.24, 2.45) is 5.92 Å². The number of anilines is 1. The predicted octanol–water partition coefficient (Wildman–Crippen LogP) is 2.87. The predicted molar refractivity (Wildman–Crippen MR) is 97.1 cm³/mol. The molecule has 2 aromatic rings. The topological polar surface area (TPSA) is 79.4 Å². The number of nitrogens with zero attached hydrogens (tertiary/aromatic N) is 2. The number of aromatic nitrogens is 1. The summed E-state index contributed by atoms with van der Waals surface area (Å²) < 4.78 is 25.7. The Morgan fingerprint density at radius 1 is 1.46 bits per heavy atom. The van der Waals surface area contributed by atoms with Gasteiger partial charge in [0.15, 0.2) is 5.13 Å². The lowest BCUT2D eigenvalue weighted by Crippen LogP contribution is -2.43. The zero-order valence-electron chi connectivity index (χ0n) is 13.4. The molecule has 0 spiro atoms. The Balaban J connectivity index is 1.76. The van der Waals surface area contributed by atoms with Gasteiger partial charge in [-0.2, -0.15) is 0 Å². The second-order valence-corrected chi connectivity index (χ2v) is 9.41. The summed E-state index contributed by atoms with van der Waals surface area (Å²) in [6.45, 7) is 2.59. The maximum atomic E-state index is 12.5. The van der Waals surface area contributed by atoms with E-state index in [4.69, 9.17) is 11.6 Å². The van der Waals surface area contributed by atoms with Crippen LogP contribution in [0.2, 0.25) is 5.02 Å². The minimum atomic E-state index is -3.27. The molecule has 2 heterocycles. The van der Waals surface area contributed by atoms with Gasteiger partial charge in [0, 0.05) is 18.1 Å². The number of hydrogen-bond acceptors (Lipinski definition) is 5. The summed E-state index contributed by atoms with van der Waals surface area (Å²) in [5.74, 6) is -0.545. The SMILES string of the molecule is Cc1c(Cl)ccc2sc(NC(=O)[C@@H]3CCCN(S(C)(=O)=O)C3)nc12. The highest BCUT2D eigenvalue weighted by molar-refractivity contribution is 7.88. The molecule has 1 saturated heterocycles. The number of thiazole rings is 1. The lowest BCUT2D eigenvalue weighted by atomic mass is 9.99. The van der Waals surface area contributed by atoms with Crippen molar-refractivity contribution < 1.29 is 13.2 Å². The van der Waals surface area contributed by atoms with E-state index >= 15 is 0 Å². The molecule has 0 bridgehead atoms. The van der Waals surface area contributed by atoms with Gasteiger partial charge in [-0.15, -0.1) is 0 Å². The highest BCUT2D eigenvalue weighted by Gasteiger charge is 2.30. The van der Waals surface area contributed by atoms with Gasteiger partial charge in [0.2, 0.25) is 15.9 Å². The second kappa shape index (κ2) is 6.59. The Hall–Kier alpha value is -1.22. The average Bonchev–Trinajstić information content (AvgIpc) is 2.94. The highest BCUT2D eigenvalue weighted by atomic mass is 35.5. The van der Waals surface area contributed by atoms with Gasteiger partial charge in [0.25, 0.3) is 0 Å². The van der Waals surface area contributed by atoms with Crippen LogP contribution in [-0.2, 0) is 14.8 Å². The fourth-order valence-electron chi connectivity index (χ4n) is 2.82. The molecular formula is C15H18ClN3O3S2. The molecule has 1 N–H and O–H groups in total. The van der Waals surface area contributed by atoms with E-state index in [0.717, 1.165) is 15.8 Å². The fraction of sp³-hybridized carbons (Fsp3) is 0.467. The third-order valence-corrected chi connectivity index (χ3v) is 6.82. The molecule has 1 fully saturated rings. The van der Waals surface area contributed by atoms with Crippen LogP contribution in [0.3, 0.4) is 0 Å². The van der Waals surface area contributed by atoms with Gasteiger partial charge in [-0.3, -0.25) is 4.79 Å². The molecule has 0 unspecified atom stereocenters. The maximum absolute atomic E-state index is 12.5. The van der Waals surface area contributed by atoms with Crippen LogP contribution in [0.5, 0.6) is 0 Å². The van der Waals surface area contributed by atoms with Crippen molar-refractivity contribution in [3.63, 3.8) is 0 Å². The zero-order chi connectivity index (χ0) is 17.5. The summed E-state index contributed by atoms with van der Waals surface area (Å²) >= 11 is 7.48. The first-order chi connectivity index (χ1) is 11.3. The van der Waals surface area contributed by atoms with Gasteiger partial charge in [-0.05, 0) is 37.5 Å². The quantitative estimate of drug-likeness (QED) is 0.878. The van der Waals surface area contributed by atoms with Gasteiger partial charge in [0.1, 0.15) is 0 Å². The molecule has 0 saturated carbocycles. The Morgan fingerprint density at radius 2 is 2.21 bits per heavy atom. The standard InChI is InChI=1S/C15H18ClN3O3S2/c1-9-11(16)5-6-12-13(9)17-15(23-12)18-14(20)10-4-3-7-19(8-10)24(2,21)22/h5-6,10H,3-4,7-8H2,1-2H3,(H,17,18,20)/t10-/m1/s1. The molecule has 24 heavy (non-hydrogen) atoms. The van der Waals surface area contributed by atoms with Crippen LogP contribution in [0.4, 0.5) is 5.13 Å². The number of carbonyl (C=O) groups is 1. The third-order valence-electron chi connectivity index (χ3n) is 4.20. The number of hydrogen-bond donors (Lipinski definition) is 1. The molecular weight excluding hydrogens is 370 g/mol. The number of rotatable bonds is 3. The van der Waals surface area contributed by atoms with E-state index in [1.54, 1.807) is 0 Å². The summed E-state index contributed by atoms with van der Waals surface area (Å²) in [5, 5.41) is 3.98. The van der Waals surface area contributed by atoms with E-state index in [-0.39, 0.29) is 18.4 Å². The number of halogens is 1. The molecule has 0 radical (unpaired) electrons. The monoisotopic (exact) mass is 387 g/mol. The Bertz CT molecular complexity index is 895.